The molecule has 0 amide bonds. The summed E-state index contributed by atoms with van der Waals surface area (Å²) in [6.07, 6.45) is 1.21. The first-order chi connectivity index (χ1) is 7.36. The molecule has 0 aliphatic rings. The molecule has 3 heteroatoms. The molecular formula is C13H21NO2. The summed E-state index contributed by atoms with van der Waals surface area (Å²) in [5.74, 6) is 0. The highest BCUT2D eigenvalue weighted by Crippen LogP contribution is 2.26. The highest BCUT2D eigenvalue weighted by Gasteiger charge is 2.18. The van der Waals surface area contributed by atoms with Gasteiger partial charge in [-0.3, -0.25) is 4.98 Å². The van der Waals surface area contributed by atoms with Crippen LogP contribution in [0.3, 0.4) is 0 Å². The first kappa shape index (κ1) is 13.1. The zero-order chi connectivity index (χ0) is 12.3. The van der Waals surface area contributed by atoms with Crippen molar-refractivity contribution >= 4 is 0 Å². The van der Waals surface area contributed by atoms with Gasteiger partial charge in [0.15, 0.2) is 0 Å². The molecular weight excluding hydrogens is 202 g/mol. The maximum absolute atomic E-state index is 9.75. The van der Waals surface area contributed by atoms with Gasteiger partial charge in [0.25, 0.3) is 0 Å². The Labute approximate surface area is 97.5 Å². The van der Waals surface area contributed by atoms with E-state index in [-0.39, 0.29) is 12.0 Å². The van der Waals surface area contributed by atoms with E-state index in [4.69, 9.17) is 4.74 Å². The normalized spacial score (nSPS) is 13.9. The lowest BCUT2D eigenvalue weighted by molar-refractivity contribution is 0.0616. The van der Waals surface area contributed by atoms with E-state index in [0.717, 1.165) is 5.56 Å². The molecule has 1 atom stereocenters. The van der Waals surface area contributed by atoms with Crippen molar-refractivity contribution in [2.24, 2.45) is 0 Å². The second-order valence-corrected chi connectivity index (χ2v) is 5.15. The topological polar surface area (TPSA) is 42.4 Å². The number of aliphatic hydroxyl groups is 1. The summed E-state index contributed by atoms with van der Waals surface area (Å²) in [6, 6.07) is 1.93. The third-order valence-electron chi connectivity index (χ3n) is 2.61. The van der Waals surface area contributed by atoms with Crippen molar-refractivity contribution in [2.45, 2.75) is 39.2 Å². The summed E-state index contributed by atoms with van der Waals surface area (Å²) in [6.45, 7) is 8.79. The Hall–Kier alpha value is -0.930. The second kappa shape index (κ2) is 4.93. The first-order valence-corrected chi connectivity index (χ1v) is 5.50. The third-order valence-corrected chi connectivity index (χ3v) is 2.61. The van der Waals surface area contributed by atoms with Crippen molar-refractivity contribution in [1.82, 2.24) is 4.98 Å². The average Bonchev–Trinajstić information content (AvgIpc) is 2.16. The SMILES string of the molecule is COCC(O)c1cc(C)c(C(C)(C)C)cn1. The number of pyridine rings is 1. The monoisotopic (exact) mass is 223 g/mol. The molecule has 1 N–H and O–H groups in total. The summed E-state index contributed by atoms with van der Waals surface area (Å²) in [7, 11) is 1.57. The minimum absolute atomic E-state index is 0.0851. The first-order valence-electron chi connectivity index (χ1n) is 5.50. The maximum Gasteiger partial charge on any atom is 0.119 e. The number of hydrogen-bond donors (Lipinski definition) is 1. The molecule has 1 heterocycles. The van der Waals surface area contributed by atoms with Crippen LogP contribution in [0.4, 0.5) is 0 Å². The summed E-state index contributed by atoms with van der Waals surface area (Å²) in [4.78, 5) is 4.29. The van der Waals surface area contributed by atoms with E-state index in [2.05, 4.69) is 25.8 Å². The molecule has 3 nitrogen and oxygen atoms in total. The van der Waals surface area contributed by atoms with Crippen LogP contribution in [0.1, 0.15) is 43.7 Å². The van der Waals surface area contributed by atoms with Crippen LogP contribution in [0, 0.1) is 6.92 Å². The number of aryl methyl sites for hydroxylation is 1. The van der Waals surface area contributed by atoms with Gasteiger partial charge >= 0.3 is 0 Å². The van der Waals surface area contributed by atoms with Crippen LogP contribution in [0.25, 0.3) is 0 Å². The predicted molar refractivity (Wildman–Crippen MR) is 64.5 cm³/mol. The molecule has 0 spiro atoms. The van der Waals surface area contributed by atoms with Crippen molar-refractivity contribution in [2.75, 3.05) is 13.7 Å². The number of rotatable bonds is 3. The Kier molecular flexibility index (Phi) is 4.05. The van der Waals surface area contributed by atoms with E-state index < -0.39 is 6.10 Å². The smallest absolute Gasteiger partial charge is 0.119 e. The van der Waals surface area contributed by atoms with Crippen molar-refractivity contribution in [3.05, 3.63) is 29.1 Å². The van der Waals surface area contributed by atoms with Crippen LogP contribution in [0.2, 0.25) is 0 Å². The van der Waals surface area contributed by atoms with Gasteiger partial charge in [0.2, 0.25) is 0 Å². The van der Waals surface area contributed by atoms with Crippen molar-refractivity contribution in [1.29, 1.82) is 0 Å². The second-order valence-electron chi connectivity index (χ2n) is 5.15. The number of aromatic nitrogens is 1. The summed E-state index contributed by atoms with van der Waals surface area (Å²) >= 11 is 0. The van der Waals surface area contributed by atoms with Crippen LogP contribution in [-0.2, 0) is 10.2 Å². The van der Waals surface area contributed by atoms with Crippen LogP contribution in [-0.4, -0.2) is 23.8 Å². The fourth-order valence-corrected chi connectivity index (χ4v) is 1.79. The molecule has 0 aliphatic heterocycles. The highest BCUT2D eigenvalue weighted by atomic mass is 16.5. The van der Waals surface area contributed by atoms with E-state index >= 15 is 0 Å². The van der Waals surface area contributed by atoms with Crippen molar-refractivity contribution in [3.63, 3.8) is 0 Å². The third kappa shape index (κ3) is 3.03. The standard InChI is InChI=1S/C13H21NO2/c1-9-6-11(12(15)8-16-5)14-7-10(9)13(2,3)4/h6-7,12,15H,8H2,1-5H3. The van der Waals surface area contributed by atoms with Crippen molar-refractivity contribution < 1.29 is 9.84 Å². The summed E-state index contributed by atoms with van der Waals surface area (Å²) < 4.78 is 4.91. The summed E-state index contributed by atoms with van der Waals surface area (Å²) in [5.41, 5.74) is 3.13. The molecule has 0 radical (unpaired) electrons. The van der Waals surface area contributed by atoms with E-state index in [1.54, 1.807) is 7.11 Å². The van der Waals surface area contributed by atoms with Gasteiger partial charge in [-0.1, -0.05) is 20.8 Å². The van der Waals surface area contributed by atoms with E-state index in [9.17, 15) is 5.11 Å². The Morgan fingerprint density at radius 1 is 1.44 bits per heavy atom. The van der Waals surface area contributed by atoms with Gasteiger partial charge in [-0.15, -0.1) is 0 Å². The van der Waals surface area contributed by atoms with Crippen molar-refractivity contribution in [3.8, 4) is 0 Å². The van der Waals surface area contributed by atoms with Crippen LogP contribution in [0.5, 0.6) is 0 Å². The molecule has 0 fully saturated rings. The van der Waals surface area contributed by atoms with Crippen LogP contribution >= 0.6 is 0 Å². The van der Waals surface area contributed by atoms with Gasteiger partial charge < -0.3 is 9.84 Å². The van der Waals surface area contributed by atoms with E-state index in [0.29, 0.717) is 5.69 Å². The lowest BCUT2D eigenvalue weighted by Crippen LogP contribution is -2.15. The zero-order valence-corrected chi connectivity index (χ0v) is 10.7. The van der Waals surface area contributed by atoms with E-state index in [1.807, 2.05) is 19.2 Å². The maximum atomic E-state index is 9.75. The van der Waals surface area contributed by atoms with Crippen LogP contribution in [0.15, 0.2) is 12.3 Å². The fourth-order valence-electron chi connectivity index (χ4n) is 1.79. The minimum atomic E-state index is -0.641. The minimum Gasteiger partial charge on any atom is -0.384 e. The molecule has 1 aromatic heterocycles. The molecule has 1 rings (SSSR count). The van der Waals surface area contributed by atoms with Gasteiger partial charge in [0.05, 0.1) is 12.3 Å². The lowest BCUT2D eigenvalue weighted by Gasteiger charge is -2.22. The fraction of sp³-hybridized carbons (Fsp3) is 0.615. The van der Waals surface area contributed by atoms with Gasteiger partial charge in [-0.2, -0.15) is 0 Å². The largest absolute Gasteiger partial charge is 0.384 e. The summed E-state index contributed by atoms with van der Waals surface area (Å²) in [5, 5.41) is 9.75. The Balaban J connectivity index is 3.00. The highest BCUT2D eigenvalue weighted by molar-refractivity contribution is 5.31. The predicted octanol–water partition coefficient (Wildman–Crippen LogP) is 2.37. The molecule has 0 aliphatic carbocycles. The van der Waals surface area contributed by atoms with Gasteiger partial charge in [-0.05, 0) is 29.5 Å². The number of ether oxygens (including phenoxy) is 1. The molecule has 0 saturated heterocycles. The molecule has 0 aromatic carbocycles. The van der Waals surface area contributed by atoms with Gasteiger partial charge in [0.1, 0.15) is 6.10 Å². The molecule has 0 bridgehead atoms. The zero-order valence-electron chi connectivity index (χ0n) is 10.7. The quantitative estimate of drug-likeness (QED) is 0.855. The number of hydrogen-bond acceptors (Lipinski definition) is 3. The average molecular weight is 223 g/mol. The molecule has 1 aromatic rings. The molecule has 16 heavy (non-hydrogen) atoms. The lowest BCUT2D eigenvalue weighted by atomic mass is 9.85. The number of aliphatic hydroxyl groups excluding tert-OH is 1. The van der Waals surface area contributed by atoms with Crippen LogP contribution < -0.4 is 0 Å². The number of nitrogens with zero attached hydrogens (tertiary/aromatic N) is 1. The molecule has 90 valence electrons. The molecule has 0 saturated carbocycles. The molecule has 1 unspecified atom stereocenters. The Morgan fingerprint density at radius 3 is 2.50 bits per heavy atom. The Bertz CT molecular complexity index is 355. The van der Waals surface area contributed by atoms with E-state index in [1.165, 1.54) is 5.56 Å². The van der Waals surface area contributed by atoms with Gasteiger partial charge in [-0.25, -0.2) is 0 Å². The Morgan fingerprint density at radius 2 is 2.06 bits per heavy atom. The number of methoxy groups -OCH3 is 1. The van der Waals surface area contributed by atoms with Gasteiger partial charge in [0, 0.05) is 13.3 Å².